The van der Waals surface area contributed by atoms with Gasteiger partial charge in [-0.05, 0) is 30.7 Å². The monoisotopic (exact) mass is 286 g/mol. The Morgan fingerprint density at radius 2 is 2.05 bits per heavy atom. The summed E-state index contributed by atoms with van der Waals surface area (Å²) < 4.78 is 44.4. The van der Waals surface area contributed by atoms with Crippen molar-refractivity contribution in [1.29, 1.82) is 0 Å². The first-order valence-corrected chi connectivity index (χ1v) is 5.77. The van der Waals surface area contributed by atoms with E-state index >= 15 is 0 Å². The number of nitrogens with zero attached hydrogens (tertiary/aromatic N) is 2. The van der Waals surface area contributed by atoms with E-state index in [1.165, 1.54) is 30.1 Å². The third kappa shape index (κ3) is 2.77. The molecule has 0 bridgehead atoms. The lowest BCUT2D eigenvalue weighted by Gasteiger charge is -2.19. The van der Waals surface area contributed by atoms with Gasteiger partial charge in [-0.1, -0.05) is 0 Å². The molecule has 1 unspecified atom stereocenters. The molecule has 2 rings (SSSR count). The number of aliphatic hydroxyl groups excluding tert-OH is 1. The smallest absolute Gasteiger partial charge is 0.418 e. The third-order valence-corrected chi connectivity index (χ3v) is 2.80. The summed E-state index contributed by atoms with van der Waals surface area (Å²) in [6, 6.07) is 4.10. The summed E-state index contributed by atoms with van der Waals surface area (Å²) in [7, 11) is 1.34. The van der Waals surface area contributed by atoms with Gasteiger partial charge in [0.15, 0.2) is 6.10 Å². The van der Waals surface area contributed by atoms with E-state index < -0.39 is 12.3 Å². The number of rotatable bonds is 3. The Morgan fingerprint density at radius 1 is 1.35 bits per heavy atom. The second-order valence-corrected chi connectivity index (χ2v) is 4.33. The number of halogens is 3. The predicted octanol–water partition coefficient (Wildman–Crippen LogP) is 2.79. The lowest BCUT2D eigenvalue weighted by atomic mass is 10.1. The maximum absolute atomic E-state index is 12.8. The van der Waals surface area contributed by atoms with Crippen LogP contribution in [0.3, 0.4) is 0 Å². The molecule has 1 heterocycles. The van der Waals surface area contributed by atoms with Crippen molar-refractivity contribution in [2.24, 2.45) is 0 Å². The maximum Gasteiger partial charge on any atom is 0.418 e. The van der Waals surface area contributed by atoms with Crippen LogP contribution in [0.1, 0.15) is 17.2 Å². The molecule has 7 heteroatoms. The van der Waals surface area contributed by atoms with Crippen molar-refractivity contribution in [3.05, 3.63) is 41.7 Å². The van der Waals surface area contributed by atoms with Gasteiger partial charge in [0.25, 0.3) is 0 Å². The molecule has 2 aromatic rings. The molecule has 0 spiro atoms. The zero-order valence-corrected chi connectivity index (χ0v) is 10.8. The number of benzene rings is 1. The highest BCUT2D eigenvalue weighted by Crippen LogP contribution is 2.36. The zero-order valence-electron chi connectivity index (χ0n) is 10.8. The summed E-state index contributed by atoms with van der Waals surface area (Å²) >= 11 is 0. The normalized spacial score (nSPS) is 13.3. The molecule has 1 aromatic carbocycles. The van der Waals surface area contributed by atoms with Gasteiger partial charge in [0, 0.05) is 11.8 Å². The number of aliphatic hydroxyl groups is 1. The number of alkyl halides is 3. The Hall–Kier alpha value is -2.02. The van der Waals surface area contributed by atoms with Crippen LogP contribution < -0.4 is 4.74 Å². The van der Waals surface area contributed by atoms with Gasteiger partial charge in [-0.2, -0.15) is 18.3 Å². The molecule has 1 atom stereocenters. The highest BCUT2D eigenvalue weighted by molar-refractivity contribution is 5.47. The average Bonchev–Trinajstić information content (AvgIpc) is 2.82. The lowest BCUT2D eigenvalue weighted by Crippen LogP contribution is -2.22. The van der Waals surface area contributed by atoms with Crippen molar-refractivity contribution < 1.29 is 23.0 Å². The van der Waals surface area contributed by atoms with Crippen molar-refractivity contribution in [1.82, 2.24) is 9.78 Å². The van der Waals surface area contributed by atoms with Crippen molar-refractivity contribution >= 4 is 0 Å². The van der Waals surface area contributed by atoms with Gasteiger partial charge in [-0.15, -0.1) is 0 Å². The van der Waals surface area contributed by atoms with Crippen LogP contribution in [0.25, 0.3) is 5.69 Å². The van der Waals surface area contributed by atoms with Gasteiger partial charge in [0.2, 0.25) is 0 Å². The second-order valence-electron chi connectivity index (χ2n) is 4.33. The van der Waals surface area contributed by atoms with E-state index in [4.69, 9.17) is 4.74 Å². The summed E-state index contributed by atoms with van der Waals surface area (Å²) in [5.74, 6) is 0.232. The van der Waals surface area contributed by atoms with Gasteiger partial charge < -0.3 is 9.84 Å². The predicted molar refractivity (Wildman–Crippen MR) is 65.9 cm³/mol. The molecule has 0 aliphatic rings. The van der Waals surface area contributed by atoms with E-state index in [0.717, 1.165) is 11.6 Å². The third-order valence-electron chi connectivity index (χ3n) is 2.80. The number of aromatic nitrogens is 2. The van der Waals surface area contributed by atoms with Gasteiger partial charge in [0.1, 0.15) is 5.75 Å². The van der Waals surface area contributed by atoms with Crippen molar-refractivity contribution in [2.75, 3.05) is 7.11 Å². The SMILES string of the molecule is COc1ccc(-n2cc(C)cn2)c(C(O)C(F)(F)F)c1. The first-order valence-electron chi connectivity index (χ1n) is 5.77. The summed E-state index contributed by atoms with van der Waals surface area (Å²) in [4.78, 5) is 0. The summed E-state index contributed by atoms with van der Waals surface area (Å²) in [5, 5.41) is 13.5. The standard InChI is InChI=1S/C13H13F3N2O2/c1-8-6-17-18(7-8)11-4-3-9(20-2)5-10(11)12(19)13(14,15)16/h3-7,12,19H,1-2H3. The van der Waals surface area contributed by atoms with E-state index in [-0.39, 0.29) is 17.0 Å². The molecule has 0 fully saturated rings. The summed E-state index contributed by atoms with van der Waals surface area (Å²) in [6.07, 6.45) is -4.26. The van der Waals surface area contributed by atoms with E-state index in [1.54, 1.807) is 13.1 Å². The minimum absolute atomic E-state index is 0.156. The van der Waals surface area contributed by atoms with Crippen LogP contribution in [-0.2, 0) is 0 Å². The molecular weight excluding hydrogens is 273 g/mol. The molecule has 4 nitrogen and oxygen atoms in total. The van der Waals surface area contributed by atoms with Crippen LogP contribution in [0.5, 0.6) is 5.75 Å². The highest BCUT2D eigenvalue weighted by Gasteiger charge is 2.41. The second kappa shape index (κ2) is 5.16. The molecule has 0 amide bonds. The molecule has 0 aliphatic carbocycles. The minimum Gasteiger partial charge on any atom is -0.497 e. The average molecular weight is 286 g/mol. The number of hydrogen-bond donors (Lipinski definition) is 1. The highest BCUT2D eigenvalue weighted by atomic mass is 19.4. The van der Waals surface area contributed by atoms with Crippen LogP contribution in [-0.4, -0.2) is 28.2 Å². The molecule has 20 heavy (non-hydrogen) atoms. The summed E-state index contributed by atoms with van der Waals surface area (Å²) in [5.41, 5.74) is 0.650. The summed E-state index contributed by atoms with van der Waals surface area (Å²) in [6.45, 7) is 1.77. The fourth-order valence-corrected chi connectivity index (χ4v) is 1.81. The van der Waals surface area contributed by atoms with Gasteiger partial charge in [0.05, 0.1) is 19.0 Å². The van der Waals surface area contributed by atoms with E-state index in [0.29, 0.717) is 0 Å². The van der Waals surface area contributed by atoms with E-state index in [9.17, 15) is 18.3 Å². The Kier molecular flexibility index (Phi) is 3.71. The molecule has 0 aliphatic heterocycles. The van der Waals surface area contributed by atoms with Gasteiger partial charge >= 0.3 is 6.18 Å². The quantitative estimate of drug-likeness (QED) is 0.943. The number of aryl methyl sites for hydroxylation is 1. The fourth-order valence-electron chi connectivity index (χ4n) is 1.81. The van der Waals surface area contributed by atoms with Crippen LogP contribution in [0, 0.1) is 6.92 Å². The van der Waals surface area contributed by atoms with Crippen LogP contribution in [0.15, 0.2) is 30.6 Å². The number of hydrogen-bond acceptors (Lipinski definition) is 3. The van der Waals surface area contributed by atoms with Crippen LogP contribution >= 0.6 is 0 Å². The lowest BCUT2D eigenvalue weighted by molar-refractivity contribution is -0.206. The molecule has 108 valence electrons. The zero-order chi connectivity index (χ0) is 14.9. The van der Waals surface area contributed by atoms with E-state index in [1.807, 2.05) is 0 Å². The minimum atomic E-state index is -4.76. The van der Waals surface area contributed by atoms with Gasteiger partial charge in [-0.3, -0.25) is 0 Å². The van der Waals surface area contributed by atoms with Crippen molar-refractivity contribution in [2.45, 2.75) is 19.2 Å². The molecule has 0 saturated carbocycles. The maximum atomic E-state index is 12.8. The molecule has 1 aromatic heterocycles. The topological polar surface area (TPSA) is 47.3 Å². The molecule has 0 radical (unpaired) electrons. The first kappa shape index (κ1) is 14.4. The molecule has 1 N–H and O–H groups in total. The van der Waals surface area contributed by atoms with Crippen molar-refractivity contribution in [3.8, 4) is 11.4 Å². The van der Waals surface area contributed by atoms with Crippen LogP contribution in [0.4, 0.5) is 13.2 Å². The fraction of sp³-hybridized carbons (Fsp3) is 0.308. The van der Waals surface area contributed by atoms with E-state index in [2.05, 4.69) is 5.10 Å². The van der Waals surface area contributed by atoms with Gasteiger partial charge in [-0.25, -0.2) is 4.68 Å². The van der Waals surface area contributed by atoms with Crippen LogP contribution in [0.2, 0.25) is 0 Å². The van der Waals surface area contributed by atoms with Crippen molar-refractivity contribution in [3.63, 3.8) is 0 Å². The largest absolute Gasteiger partial charge is 0.497 e. The Balaban J connectivity index is 2.57. The Morgan fingerprint density at radius 3 is 2.55 bits per heavy atom. The first-order chi connectivity index (χ1) is 9.32. The molecule has 0 saturated heterocycles. The molecular formula is C13H13F3N2O2. The number of methoxy groups -OCH3 is 1. The Bertz CT molecular complexity index is 608. The number of ether oxygens (including phenoxy) is 1. The Labute approximate surface area is 113 Å².